The topological polar surface area (TPSA) is 460 Å². The van der Waals surface area contributed by atoms with E-state index in [0.29, 0.717) is 149 Å². The van der Waals surface area contributed by atoms with Crippen LogP contribution < -0.4 is 26.6 Å². The molecule has 5 aromatic rings. The number of H-pyrrole nitrogens is 1. The summed E-state index contributed by atoms with van der Waals surface area (Å²) in [7, 11) is 6.29. The van der Waals surface area contributed by atoms with Gasteiger partial charge in [0.2, 0.25) is 29.5 Å². The summed E-state index contributed by atoms with van der Waals surface area (Å²) in [6.07, 6.45) is 19.8. The Bertz CT molecular complexity index is 4550. The molecule has 0 aromatic carbocycles. The number of aromatic nitrogens is 8. The summed E-state index contributed by atoms with van der Waals surface area (Å²) in [5.41, 5.74) is 11.4. The number of nitrogens with two attached hydrogens (primary N) is 1. The number of likely N-dealkylation sites (N-methyl/N-ethyl adjacent to an activating group) is 1. The lowest BCUT2D eigenvalue weighted by molar-refractivity contribution is -0.265. The highest BCUT2D eigenvalue weighted by atomic mass is 16.6. The number of ketones is 1. The monoisotopic (exact) mass is 1760 g/mol. The second kappa shape index (κ2) is 48.5. The fourth-order valence-corrected chi connectivity index (χ4v) is 17.2. The van der Waals surface area contributed by atoms with Gasteiger partial charge in [0.25, 0.3) is 17.6 Å². The number of nitrogens with one attached hydrogen (secondary N) is 4. The molecule has 5 aliphatic rings. The molecule has 0 unspecified atom stereocenters. The Balaban J connectivity index is 0.661. The van der Waals surface area contributed by atoms with E-state index in [1.165, 1.54) is 18.3 Å². The van der Waals surface area contributed by atoms with E-state index in [4.69, 9.17) is 48.8 Å². The minimum atomic E-state index is -2.47. The molecule has 4 fully saturated rings. The molecule has 692 valence electrons. The van der Waals surface area contributed by atoms with Crippen molar-refractivity contribution in [3.05, 3.63) is 96.4 Å². The van der Waals surface area contributed by atoms with Gasteiger partial charge < -0.3 is 99.8 Å². The van der Waals surface area contributed by atoms with Crippen LogP contribution in [0.15, 0.2) is 96.0 Å². The lowest BCUT2D eigenvalue weighted by Gasteiger charge is -2.43. The number of cyclic esters (lactones) is 1. The summed E-state index contributed by atoms with van der Waals surface area (Å²) in [5.74, 6) is -7.73. The summed E-state index contributed by atoms with van der Waals surface area (Å²) in [6, 6.07) is 2.77. The van der Waals surface area contributed by atoms with E-state index in [2.05, 4.69) is 51.0 Å². The van der Waals surface area contributed by atoms with E-state index in [1.54, 1.807) is 76.5 Å². The number of hydrogen-bond donors (Lipinski definition) is 9. The summed E-state index contributed by atoms with van der Waals surface area (Å²) in [5, 5.41) is 67.0. The number of fused-ring (bicyclic) bond motifs is 5. The van der Waals surface area contributed by atoms with Crippen molar-refractivity contribution >= 4 is 80.8 Å². The molecule has 1 saturated carbocycles. The zero-order valence-corrected chi connectivity index (χ0v) is 74.9. The summed E-state index contributed by atoms with van der Waals surface area (Å²) < 4.78 is 43.4. The first-order chi connectivity index (χ1) is 60.6. The molecule has 36 heteroatoms. The molecule has 5 amide bonds. The first kappa shape index (κ1) is 98.6. The van der Waals surface area contributed by atoms with Crippen molar-refractivity contribution in [2.24, 2.45) is 40.7 Å². The molecular formula is C90H133N17O19. The van der Waals surface area contributed by atoms with Gasteiger partial charge in [-0.05, 0) is 139 Å². The zero-order chi connectivity index (χ0) is 90.6. The van der Waals surface area contributed by atoms with Crippen LogP contribution in [-0.4, -0.2) is 303 Å². The lowest BCUT2D eigenvalue weighted by Crippen LogP contribution is -2.61. The number of allylic oxidation sites excluding steroid dienone is 5. The third kappa shape index (κ3) is 27.7. The van der Waals surface area contributed by atoms with E-state index in [0.717, 1.165) is 28.6 Å². The molecule has 1 aliphatic carbocycles. The second-order valence-corrected chi connectivity index (χ2v) is 34.4. The van der Waals surface area contributed by atoms with Gasteiger partial charge in [0.05, 0.1) is 81.1 Å². The number of piperazine rings is 1. The Kier molecular flexibility index (Phi) is 38.0. The number of aliphatic hydroxyl groups excluding tert-OH is 3. The Morgan fingerprint density at radius 1 is 0.778 bits per heavy atom. The van der Waals surface area contributed by atoms with Gasteiger partial charge in [-0.1, -0.05) is 76.2 Å². The fraction of sp³-hybridized carbons (Fsp3) is 0.644. The number of piperidine rings is 1. The van der Waals surface area contributed by atoms with Crippen LogP contribution >= 0.6 is 0 Å². The molecule has 126 heavy (non-hydrogen) atoms. The van der Waals surface area contributed by atoms with Crippen LogP contribution in [0, 0.1) is 35.5 Å². The van der Waals surface area contributed by atoms with Crippen molar-refractivity contribution in [3.8, 4) is 11.3 Å². The number of aromatic amines is 1. The number of methoxy groups -OCH3 is 3. The number of amides is 5. The Morgan fingerprint density at radius 3 is 2.29 bits per heavy atom. The van der Waals surface area contributed by atoms with Gasteiger partial charge in [-0.25, -0.2) is 34.4 Å². The molecule has 0 radical (unpaired) electrons. The molecule has 4 aliphatic heterocycles. The van der Waals surface area contributed by atoms with Crippen molar-refractivity contribution < 1.29 is 92.0 Å². The molecule has 2 bridgehead atoms. The van der Waals surface area contributed by atoms with E-state index >= 15 is 0 Å². The number of carbonyl (C=O) groups is 7. The van der Waals surface area contributed by atoms with Gasteiger partial charge in [-0.15, -0.1) is 0 Å². The predicted octanol–water partition coefficient (Wildman–Crippen LogP) is 5.86. The molecule has 5 aromatic heterocycles. The van der Waals surface area contributed by atoms with Crippen molar-refractivity contribution in [1.29, 1.82) is 0 Å². The Hall–Kier alpha value is -9.60. The third-order valence-electron chi connectivity index (χ3n) is 24.7. The minimum absolute atomic E-state index is 0.00422. The van der Waals surface area contributed by atoms with Crippen LogP contribution in [0.4, 0.5) is 11.8 Å². The number of anilines is 2. The standard InChI is InChI=1S/C90H133N17O19/c1-56-19-13-12-14-20-57(2)71(119-9)46-67-24-22-62(7)90(118,126-67)83(115)87(116)106-31-17-15-21-68(106)88(117)125-72(59(4)43-63-23-25-69(108)73(44-63)120-10)47-70(109)58(3)42-61(6)81(114)82(121-11)79(60(5)41-56)102-124-54-76(112)95-48-64-49-97-89(98-50-64)105-35-33-104(34-36-105)77(113)53-103(8)52-75(111)93-30-38-123-40-39-122-37-27-74(110)92-28-16-18-32-107-86-78(84(91)99-55-100-86)80(101-107)66-45-65-26-29-94-85(65)96-51-66/h12-14,19-20,26,29,42,45,49-51,55-56,58-60,62-63,67-73,81-82,108-109,114,118H,15-18,21-25,27-28,30-41,43-44,46-48,52-54H2,1-11H3,(H,92,110)(H,93,111)(H,94,96)(H,95,112)(H2,91,99,100)/b14-12+,19-13+,57-20+,61-42+,102-79?/t56-,58-,59-,60-,62-,63+,67+,68+,69-,70-,71+,72+,73-,81-,82+,90-/m1/s1. The maximum Gasteiger partial charge on any atom is 0.329 e. The highest BCUT2D eigenvalue weighted by molar-refractivity contribution is 6.39. The van der Waals surface area contributed by atoms with E-state index in [9.17, 15) is 54.0 Å². The van der Waals surface area contributed by atoms with E-state index in [1.807, 2.05) is 86.0 Å². The molecular weight excluding hydrogens is 1620 g/mol. The summed E-state index contributed by atoms with van der Waals surface area (Å²) in [4.78, 5) is 134. The van der Waals surface area contributed by atoms with Crippen LogP contribution in [0.2, 0.25) is 0 Å². The highest BCUT2D eigenvalue weighted by Crippen LogP contribution is 2.39. The number of hydrogen-bond acceptors (Lipinski definition) is 29. The highest BCUT2D eigenvalue weighted by Gasteiger charge is 2.53. The Labute approximate surface area is 737 Å². The van der Waals surface area contributed by atoms with Gasteiger partial charge >= 0.3 is 5.97 Å². The number of aliphatic hydroxyl groups is 4. The number of Topliss-reactive ketones (excluding diaryl/α,β-unsaturated/α-hetero) is 1. The van der Waals surface area contributed by atoms with Crippen LogP contribution in [0.1, 0.15) is 150 Å². The van der Waals surface area contributed by atoms with Crippen molar-refractivity contribution in [2.45, 2.75) is 219 Å². The number of esters is 1. The van der Waals surface area contributed by atoms with Gasteiger partial charge in [0.1, 0.15) is 47.8 Å². The average Bonchev–Trinajstić information content (AvgIpc) is 1.49. The van der Waals surface area contributed by atoms with Crippen LogP contribution in [-0.2, 0) is 84.6 Å². The number of unbranched alkanes of at least 4 members (excludes halogenated alkanes) is 1. The fourth-order valence-electron chi connectivity index (χ4n) is 17.2. The van der Waals surface area contributed by atoms with E-state index < -0.39 is 102 Å². The number of nitrogen functional groups attached to an aromatic ring is 1. The Morgan fingerprint density at radius 2 is 1.54 bits per heavy atom. The molecule has 0 spiro atoms. The van der Waals surface area contributed by atoms with Crippen LogP contribution in [0.5, 0.6) is 0 Å². The molecule has 10 N–H and O–H groups in total. The smallest absolute Gasteiger partial charge is 0.329 e. The molecule has 3 saturated heterocycles. The number of aryl methyl sites for hydroxylation is 1. The SMILES string of the molecule is CO[C@H]1C[C@@H]2CC[C@@H](C)[C@@](O)(O2)C(=O)C(=O)N2CCCC[C@H]2C(=O)O[C@H]([C@H](C)C[C@@H]2CC[C@@H](O)[C@H](OC)C2)C[C@@H](O)[C@H](C)/C=C(\C)[C@@H](O)[C@@H](OC)C(=NOCC(=O)NCc2cnc(N3CCN(C(=O)CN(C)CC(=O)NCCOCCOCCC(=O)NCCCCn4nc(-c5cnc6[nH]ccc6c5)c5c(N)ncnc54)CC3)nc2)[C@H](C)C[C@H](C)/C=C/C=C/C=C/1C. The van der Waals surface area contributed by atoms with Crippen molar-refractivity contribution in [2.75, 3.05) is 131 Å². The molecule has 36 nitrogen and oxygen atoms in total. The average molecular weight is 1760 g/mol. The molecule has 9 heterocycles. The summed E-state index contributed by atoms with van der Waals surface area (Å²) in [6.45, 7) is 16.8. The number of oxime groups is 1. The largest absolute Gasteiger partial charge is 0.460 e. The van der Waals surface area contributed by atoms with Crippen molar-refractivity contribution in [1.82, 2.24) is 70.3 Å². The first-order valence-electron chi connectivity index (χ1n) is 44.4. The predicted molar refractivity (Wildman–Crippen MR) is 471 cm³/mol. The third-order valence-corrected chi connectivity index (χ3v) is 24.7. The summed E-state index contributed by atoms with van der Waals surface area (Å²) >= 11 is 0. The quantitative estimate of drug-likeness (QED) is 0.00824. The number of carbonyl (C=O) groups excluding carboxylic acids is 7. The number of ether oxygens (including phenoxy) is 7. The van der Waals surface area contributed by atoms with Crippen LogP contribution in [0.3, 0.4) is 0 Å². The van der Waals surface area contributed by atoms with Crippen molar-refractivity contribution in [3.63, 3.8) is 0 Å². The van der Waals surface area contributed by atoms with Gasteiger partial charge in [-0.2, -0.15) is 5.10 Å². The molecule has 10 rings (SSSR count). The number of nitrogens with zero attached hydrogens (tertiary/aromatic N) is 12. The normalized spacial score (nSPS) is 28.1. The van der Waals surface area contributed by atoms with Gasteiger partial charge in [0.15, 0.2) is 12.3 Å². The van der Waals surface area contributed by atoms with E-state index in [-0.39, 0.29) is 126 Å². The minimum Gasteiger partial charge on any atom is -0.460 e. The maximum absolute atomic E-state index is 14.8. The number of rotatable bonds is 31. The first-order valence-corrected chi connectivity index (χ1v) is 44.4. The van der Waals surface area contributed by atoms with Gasteiger partial charge in [-0.3, -0.25) is 33.7 Å². The lowest BCUT2D eigenvalue weighted by atomic mass is 9.78. The maximum atomic E-state index is 14.8. The van der Waals surface area contributed by atoms with Gasteiger partial charge in [0, 0.05) is 159 Å². The van der Waals surface area contributed by atoms with Crippen LogP contribution in [0.25, 0.3) is 33.3 Å². The molecule has 16 atom stereocenters. The second-order valence-electron chi connectivity index (χ2n) is 34.4. The number of pyridine rings is 1. The zero-order valence-electron chi connectivity index (χ0n) is 74.9.